The van der Waals surface area contributed by atoms with Crippen LogP contribution in [0.3, 0.4) is 0 Å². The Hall–Kier alpha value is -3.85. The zero-order valence-corrected chi connectivity index (χ0v) is 18.2. The van der Waals surface area contributed by atoms with E-state index in [9.17, 15) is 23.1 Å². The molecule has 0 aliphatic heterocycles. The number of hydrogen-bond donors (Lipinski definition) is 2. The Balaban J connectivity index is 1.63. The molecule has 0 saturated carbocycles. The smallest absolute Gasteiger partial charge is 0.471 e. The lowest BCUT2D eigenvalue weighted by molar-refractivity contribution is -0.174. The summed E-state index contributed by atoms with van der Waals surface area (Å²) in [5.74, 6) is -1.61. The molecule has 2 N–H and O–H groups in total. The summed E-state index contributed by atoms with van der Waals surface area (Å²) in [5.41, 5.74) is 2.94. The van der Waals surface area contributed by atoms with Crippen molar-refractivity contribution in [1.29, 1.82) is 0 Å². The third-order valence-corrected chi connectivity index (χ3v) is 5.34. The number of rotatable bonds is 7. The van der Waals surface area contributed by atoms with Crippen LogP contribution < -0.4 is 10.1 Å². The van der Waals surface area contributed by atoms with Gasteiger partial charge in [-0.3, -0.25) is 4.79 Å². The zero-order chi connectivity index (χ0) is 24.3. The lowest BCUT2D eigenvalue weighted by Gasteiger charge is -2.27. The van der Waals surface area contributed by atoms with Crippen molar-refractivity contribution < 1.29 is 27.8 Å². The topological polar surface area (TPSA) is 76.4 Å². The van der Waals surface area contributed by atoms with Gasteiger partial charge in [0.15, 0.2) is 0 Å². The van der Waals surface area contributed by atoms with Gasteiger partial charge in [0.05, 0.1) is 30.0 Å². The molecule has 0 aliphatic rings. The molecular weight excluding hydrogens is 447 g/mol. The third-order valence-electron chi connectivity index (χ3n) is 5.34. The van der Waals surface area contributed by atoms with Gasteiger partial charge in [-0.2, -0.15) is 18.3 Å². The molecule has 2 atom stereocenters. The minimum absolute atomic E-state index is 0.0883. The number of amides is 1. The highest BCUT2D eigenvalue weighted by Gasteiger charge is 2.40. The van der Waals surface area contributed by atoms with Crippen molar-refractivity contribution in [2.45, 2.75) is 31.9 Å². The molecule has 9 heteroatoms. The first kappa shape index (κ1) is 23.3. The van der Waals surface area contributed by atoms with Crippen molar-refractivity contribution >= 4 is 16.8 Å². The van der Waals surface area contributed by atoms with Crippen LogP contribution in [0.1, 0.15) is 24.2 Å². The summed E-state index contributed by atoms with van der Waals surface area (Å²) in [5, 5.41) is 16.6. The molecule has 0 aliphatic carbocycles. The predicted molar refractivity (Wildman–Crippen MR) is 120 cm³/mol. The summed E-state index contributed by atoms with van der Waals surface area (Å²) in [7, 11) is 0. The Morgan fingerprint density at radius 1 is 1.09 bits per heavy atom. The van der Waals surface area contributed by atoms with Crippen LogP contribution in [0.5, 0.6) is 5.75 Å². The van der Waals surface area contributed by atoms with Gasteiger partial charge < -0.3 is 15.2 Å². The number of nitrogens with one attached hydrogen (secondary N) is 1. The Labute approximate surface area is 193 Å². The predicted octanol–water partition coefficient (Wildman–Crippen LogP) is 4.70. The fourth-order valence-electron chi connectivity index (χ4n) is 3.69. The van der Waals surface area contributed by atoms with Gasteiger partial charge in [0, 0.05) is 5.39 Å². The summed E-state index contributed by atoms with van der Waals surface area (Å²) >= 11 is 0. The van der Waals surface area contributed by atoms with Crippen LogP contribution in [0.2, 0.25) is 0 Å². The van der Waals surface area contributed by atoms with Gasteiger partial charge in [-0.25, -0.2) is 4.68 Å². The van der Waals surface area contributed by atoms with Crippen molar-refractivity contribution in [3.63, 3.8) is 0 Å². The summed E-state index contributed by atoms with van der Waals surface area (Å²) < 4.78 is 46.2. The number of alkyl halides is 3. The van der Waals surface area contributed by atoms with E-state index < -0.39 is 24.2 Å². The second-order valence-corrected chi connectivity index (χ2v) is 7.81. The highest BCUT2D eigenvalue weighted by molar-refractivity contribution is 5.82. The molecule has 1 aromatic heterocycles. The number of ether oxygens (including phenoxy) is 1. The molecule has 3 aromatic carbocycles. The molecule has 0 fully saturated rings. The van der Waals surface area contributed by atoms with Crippen LogP contribution in [0.4, 0.5) is 13.2 Å². The van der Waals surface area contributed by atoms with Crippen LogP contribution >= 0.6 is 0 Å². The minimum atomic E-state index is -4.99. The molecule has 6 nitrogen and oxygen atoms in total. The number of halogens is 3. The van der Waals surface area contributed by atoms with E-state index in [-0.39, 0.29) is 6.61 Å². The van der Waals surface area contributed by atoms with E-state index in [0.717, 1.165) is 22.2 Å². The number of aromatic nitrogens is 2. The average Bonchev–Trinajstić information content (AvgIpc) is 3.25. The van der Waals surface area contributed by atoms with E-state index in [4.69, 9.17) is 4.74 Å². The van der Waals surface area contributed by atoms with Crippen molar-refractivity contribution in [3.05, 3.63) is 90.1 Å². The lowest BCUT2D eigenvalue weighted by atomic mass is 10.0. The first-order chi connectivity index (χ1) is 16.3. The number of carbonyl (C=O) groups is 1. The molecular formula is C25H22F3N3O3. The number of hydrogen-bond acceptors (Lipinski definition) is 4. The highest BCUT2D eigenvalue weighted by atomic mass is 19.4. The number of nitrogens with zero attached hydrogens (tertiary/aromatic N) is 2. The summed E-state index contributed by atoms with van der Waals surface area (Å²) in [6.07, 6.45) is -4.20. The van der Waals surface area contributed by atoms with Crippen LogP contribution in [0, 0.1) is 0 Å². The van der Waals surface area contributed by atoms with E-state index in [1.54, 1.807) is 59.4 Å². The maximum absolute atomic E-state index is 12.8. The second-order valence-electron chi connectivity index (χ2n) is 7.81. The van der Waals surface area contributed by atoms with Crippen LogP contribution in [-0.2, 0) is 11.4 Å². The fraction of sp³-hybridized carbons (Fsp3) is 0.200. The summed E-state index contributed by atoms with van der Waals surface area (Å²) in [6, 6.07) is 20.3. The highest BCUT2D eigenvalue weighted by Crippen LogP contribution is 2.29. The average molecular weight is 469 g/mol. The summed E-state index contributed by atoms with van der Waals surface area (Å²) in [4.78, 5) is 11.5. The number of benzene rings is 3. The standard InChI is InChI=1S/C25H22F3N3O3/c1-16(30-24(33)25(26,27)28)23(18-7-3-2-4-8-18)34-21-10-11-22-19(13-21)14-29-31(22)20-9-5-6-17(12-20)15-32/h2-14,16,23,32H,15H2,1H3,(H,30,33). The molecule has 176 valence electrons. The number of aliphatic hydroxyl groups is 1. The molecule has 0 saturated heterocycles. The Bertz CT molecular complexity index is 1290. The molecule has 4 aromatic rings. The van der Waals surface area contributed by atoms with Crippen LogP contribution in [-0.4, -0.2) is 33.0 Å². The van der Waals surface area contributed by atoms with Crippen molar-refractivity contribution in [2.75, 3.05) is 0 Å². The van der Waals surface area contributed by atoms with Gasteiger partial charge in [-0.1, -0.05) is 42.5 Å². The molecule has 0 bridgehead atoms. The number of aliphatic hydroxyl groups excluding tert-OH is 1. The van der Waals surface area contributed by atoms with Gasteiger partial charge in [-0.05, 0) is 48.4 Å². The molecule has 0 radical (unpaired) electrons. The normalized spacial score (nSPS) is 13.4. The van der Waals surface area contributed by atoms with Gasteiger partial charge >= 0.3 is 12.1 Å². The molecule has 1 amide bonds. The summed E-state index contributed by atoms with van der Waals surface area (Å²) in [6.45, 7) is 1.38. The Morgan fingerprint density at radius 3 is 2.56 bits per heavy atom. The van der Waals surface area contributed by atoms with Gasteiger partial charge in [0.2, 0.25) is 0 Å². The van der Waals surface area contributed by atoms with Gasteiger partial charge in [0.1, 0.15) is 11.9 Å². The van der Waals surface area contributed by atoms with E-state index in [1.807, 2.05) is 29.6 Å². The largest absolute Gasteiger partial charge is 0.484 e. The SMILES string of the molecule is CC(NC(=O)C(F)(F)F)C(Oc1ccc2c(cnn2-c2cccc(CO)c2)c1)c1ccccc1. The quantitative estimate of drug-likeness (QED) is 0.411. The Morgan fingerprint density at radius 2 is 1.85 bits per heavy atom. The van der Waals surface area contributed by atoms with E-state index >= 15 is 0 Å². The maximum atomic E-state index is 12.8. The Kier molecular flexibility index (Phi) is 6.56. The van der Waals surface area contributed by atoms with E-state index in [0.29, 0.717) is 11.3 Å². The lowest BCUT2D eigenvalue weighted by Crippen LogP contribution is -2.45. The molecule has 2 unspecified atom stereocenters. The number of carbonyl (C=O) groups excluding carboxylic acids is 1. The van der Waals surface area contributed by atoms with Gasteiger partial charge in [0.25, 0.3) is 0 Å². The molecule has 0 spiro atoms. The van der Waals surface area contributed by atoms with Crippen molar-refractivity contribution in [3.8, 4) is 11.4 Å². The third kappa shape index (κ3) is 5.04. The van der Waals surface area contributed by atoms with E-state index in [2.05, 4.69) is 5.10 Å². The first-order valence-corrected chi connectivity index (χ1v) is 10.5. The minimum Gasteiger partial charge on any atom is -0.484 e. The van der Waals surface area contributed by atoms with Crippen LogP contribution in [0.25, 0.3) is 16.6 Å². The van der Waals surface area contributed by atoms with Crippen LogP contribution in [0.15, 0.2) is 79.0 Å². The molecule has 4 rings (SSSR count). The monoisotopic (exact) mass is 469 g/mol. The second kappa shape index (κ2) is 9.56. The molecule has 1 heterocycles. The van der Waals surface area contributed by atoms with Gasteiger partial charge in [-0.15, -0.1) is 0 Å². The van der Waals surface area contributed by atoms with Crippen molar-refractivity contribution in [1.82, 2.24) is 15.1 Å². The maximum Gasteiger partial charge on any atom is 0.471 e. The zero-order valence-electron chi connectivity index (χ0n) is 18.2. The van der Waals surface area contributed by atoms with E-state index in [1.165, 1.54) is 6.92 Å². The number of fused-ring (bicyclic) bond motifs is 1. The molecule has 34 heavy (non-hydrogen) atoms. The fourth-order valence-corrected chi connectivity index (χ4v) is 3.69. The first-order valence-electron chi connectivity index (χ1n) is 10.5. The van der Waals surface area contributed by atoms with Crippen molar-refractivity contribution in [2.24, 2.45) is 0 Å².